The molecule has 0 aliphatic rings. The third-order valence-corrected chi connectivity index (χ3v) is 2.93. The van der Waals surface area contributed by atoms with Crippen molar-refractivity contribution < 1.29 is 9.90 Å². The lowest BCUT2D eigenvalue weighted by Gasteiger charge is -2.10. The lowest BCUT2D eigenvalue weighted by molar-refractivity contribution is -0.132. The number of unbranched alkanes of at least 4 members (excludes halogenated alkanes) is 2. The summed E-state index contributed by atoms with van der Waals surface area (Å²) in [4.78, 5) is 11.1. The third-order valence-electron chi connectivity index (χ3n) is 2.93. The van der Waals surface area contributed by atoms with Gasteiger partial charge in [-0.2, -0.15) is 0 Å². The van der Waals surface area contributed by atoms with Crippen molar-refractivity contribution in [3.05, 3.63) is 41.5 Å². The Labute approximate surface area is 103 Å². The van der Waals surface area contributed by atoms with Gasteiger partial charge in [0.2, 0.25) is 0 Å². The van der Waals surface area contributed by atoms with Crippen LogP contribution >= 0.6 is 0 Å². The molecule has 0 aromatic heterocycles. The van der Waals surface area contributed by atoms with Crippen molar-refractivity contribution in [1.82, 2.24) is 0 Å². The molecule has 0 saturated carbocycles. The number of hydrogen-bond acceptors (Lipinski definition) is 1. The van der Waals surface area contributed by atoms with Gasteiger partial charge in [-0.3, -0.25) is 0 Å². The van der Waals surface area contributed by atoms with E-state index in [9.17, 15) is 4.79 Å². The first-order valence-electron chi connectivity index (χ1n) is 6.15. The van der Waals surface area contributed by atoms with E-state index in [1.165, 1.54) is 0 Å². The van der Waals surface area contributed by atoms with Crippen LogP contribution in [0, 0.1) is 0 Å². The molecule has 92 valence electrons. The molecule has 0 bridgehead atoms. The maximum atomic E-state index is 11.1. The Hall–Kier alpha value is -1.57. The molecular weight excluding hydrogens is 212 g/mol. The van der Waals surface area contributed by atoms with E-state index in [1.54, 1.807) is 6.92 Å². The summed E-state index contributed by atoms with van der Waals surface area (Å²) in [7, 11) is 0. The number of carboxylic acid groups (broad SMARTS) is 1. The van der Waals surface area contributed by atoms with E-state index < -0.39 is 5.97 Å². The highest BCUT2D eigenvalue weighted by Gasteiger charge is 2.10. The summed E-state index contributed by atoms with van der Waals surface area (Å²) in [6.07, 6.45) is 4.18. The zero-order valence-electron chi connectivity index (χ0n) is 10.6. The fraction of sp³-hybridized carbons (Fsp3) is 0.400. The summed E-state index contributed by atoms with van der Waals surface area (Å²) in [6.45, 7) is 3.84. The summed E-state index contributed by atoms with van der Waals surface area (Å²) < 4.78 is 0. The van der Waals surface area contributed by atoms with Crippen molar-refractivity contribution in [3.63, 3.8) is 0 Å². The predicted molar refractivity (Wildman–Crippen MR) is 70.8 cm³/mol. The Balaban J connectivity index is 2.95. The summed E-state index contributed by atoms with van der Waals surface area (Å²) in [5, 5.41) is 9.11. The second-order valence-corrected chi connectivity index (χ2v) is 4.23. The SMILES string of the molecule is CCCCC/C(=C(/C)C(=O)O)c1ccccc1. The summed E-state index contributed by atoms with van der Waals surface area (Å²) in [6, 6.07) is 9.80. The van der Waals surface area contributed by atoms with Crippen molar-refractivity contribution in [1.29, 1.82) is 0 Å². The van der Waals surface area contributed by atoms with E-state index in [1.807, 2.05) is 30.3 Å². The minimum Gasteiger partial charge on any atom is -0.478 e. The molecule has 0 atom stereocenters. The Morgan fingerprint density at radius 2 is 1.82 bits per heavy atom. The fourth-order valence-electron chi connectivity index (χ4n) is 1.87. The molecule has 2 heteroatoms. The van der Waals surface area contributed by atoms with Crippen molar-refractivity contribution in [2.75, 3.05) is 0 Å². The largest absolute Gasteiger partial charge is 0.478 e. The Kier molecular flexibility index (Phi) is 5.47. The molecule has 1 aromatic rings. The van der Waals surface area contributed by atoms with E-state index in [0.29, 0.717) is 5.57 Å². The van der Waals surface area contributed by atoms with Gasteiger partial charge in [0.05, 0.1) is 0 Å². The molecule has 0 aliphatic heterocycles. The molecule has 0 spiro atoms. The maximum Gasteiger partial charge on any atom is 0.331 e. The first-order valence-corrected chi connectivity index (χ1v) is 6.15. The fourth-order valence-corrected chi connectivity index (χ4v) is 1.87. The van der Waals surface area contributed by atoms with Gasteiger partial charge < -0.3 is 5.11 Å². The second kappa shape index (κ2) is 6.89. The monoisotopic (exact) mass is 232 g/mol. The van der Waals surface area contributed by atoms with Crippen molar-refractivity contribution in [2.45, 2.75) is 39.5 Å². The van der Waals surface area contributed by atoms with E-state index in [4.69, 9.17) is 5.11 Å². The van der Waals surface area contributed by atoms with Gasteiger partial charge in [-0.05, 0) is 30.9 Å². The van der Waals surface area contributed by atoms with Gasteiger partial charge in [0, 0.05) is 5.57 Å². The molecule has 0 radical (unpaired) electrons. The number of hydrogen-bond donors (Lipinski definition) is 1. The average Bonchev–Trinajstić information content (AvgIpc) is 2.35. The van der Waals surface area contributed by atoms with Crippen molar-refractivity contribution in [3.8, 4) is 0 Å². The van der Waals surface area contributed by atoms with Crippen LogP contribution in [0.5, 0.6) is 0 Å². The van der Waals surface area contributed by atoms with Gasteiger partial charge in [0.15, 0.2) is 0 Å². The first kappa shape index (κ1) is 13.5. The van der Waals surface area contributed by atoms with E-state index in [2.05, 4.69) is 6.92 Å². The number of carboxylic acids is 1. The second-order valence-electron chi connectivity index (χ2n) is 4.23. The Morgan fingerprint density at radius 1 is 1.18 bits per heavy atom. The minimum absolute atomic E-state index is 0.465. The Morgan fingerprint density at radius 3 is 2.35 bits per heavy atom. The molecule has 0 aliphatic carbocycles. The summed E-state index contributed by atoms with van der Waals surface area (Å²) >= 11 is 0. The molecule has 0 unspecified atom stereocenters. The molecule has 0 amide bonds. The van der Waals surface area contributed by atoms with E-state index in [0.717, 1.165) is 36.8 Å². The van der Waals surface area contributed by atoms with Crippen LogP contribution in [0.2, 0.25) is 0 Å². The van der Waals surface area contributed by atoms with Gasteiger partial charge in [-0.25, -0.2) is 4.79 Å². The lowest BCUT2D eigenvalue weighted by atomic mass is 9.95. The molecule has 2 nitrogen and oxygen atoms in total. The van der Waals surface area contributed by atoms with Crippen molar-refractivity contribution in [2.24, 2.45) is 0 Å². The molecule has 1 rings (SSSR count). The van der Waals surface area contributed by atoms with E-state index in [-0.39, 0.29) is 0 Å². The van der Waals surface area contributed by atoms with Crippen LogP contribution in [0.3, 0.4) is 0 Å². The van der Waals surface area contributed by atoms with Crippen LogP contribution in [0.25, 0.3) is 5.57 Å². The van der Waals surface area contributed by atoms with Gasteiger partial charge in [-0.15, -0.1) is 0 Å². The quantitative estimate of drug-likeness (QED) is 0.591. The standard InChI is InChI=1S/C15H20O2/c1-3-4-6-11-14(12(2)15(16)17)13-9-7-5-8-10-13/h5,7-10H,3-4,6,11H2,1-2H3,(H,16,17)/b14-12+. The summed E-state index contributed by atoms with van der Waals surface area (Å²) in [5.74, 6) is -0.819. The predicted octanol–water partition coefficient (Wildman–Crippen LogP) is 4.13. The van der Waals surface area contributed by atoms with Crippen LogP contribution < -0.4 is 0 Å². The van der Waals surface area contributed by atoms with Crippen LogP contribution in [-0.4, -0.2) is 11.1 Å². The third kappa shape index (κ3) is 4.06. The van der Waals surface area contributed by atoms with Crippen molar-refractivity contribution >= 4 is 11.5 Å². The van der Waals surface area contributed by atoms with Gasteiger partial charge in [0.25, 0.3) is 0 Å². The van der Waals surface area contributed by atoms with Gasteiger partial charge >= 0.3 is 5.97 Å². The molecule has 1 N–H and O–H groups in total. The molecule has 0 saturated heterocycles. The number of allylic oxidation sites excluding steroid dienone is 1. The topological polar surface area (TPSA) is 37.3 Å². The maximum absolute atomic E-state index is 11.1. The van der Waals surface area contributed by atoms with Crippen LogP contribution in [0.15, 0.2) is 35.9 Å². The van der Waals surface area contributed by atoms with Gasteiger partial charge in [0.1, 0.15) is 0 Å². The molecule has 1 aromatic carbocycles. The number of carbonyl (C=O) groups is 1. The smallest absolute Gasteiger partial charge is 0.331 e. The minimum atomic E-state index is -0.819. The van der Waals surface area contributed by atoms with Crippen LogP contribution in [0.1, 0.15) is 45.1 Å². The van der Waals surface area contributed by atoms with Crippen LogP contribution in [-0.2, 0) is 4.79 Å². The Bertz CT molecular complexity index is 391. The highest BCUT2D eigenvalue weighted by atomic mass is 16.4. The average molecular weight is 232 g/mol. The number of rotatable bonds is 6. The van der Waals surface area contributed by atoms with Crippen LogP contribution in [0.4, 0.5) is 0 Å². The molecule has 0 heterocycles. The summed E-state index contributed by atoms with van der Waals surface area (Å²) in [5.41, 5.74) is 2.46. The zero-order valence-corrected chi connectivity index (χ0v) is 10.6. The number of benzene rings is 1. The molecule has 0 fully saturated rings. The first-order chi connectivity index (χ1) is 8.16. The highest BCUT2D eigenvalue weighted by molar-refractivity contribution is 5.95. The van der Waals surface area contributed by atoms with Gasteiger partial charge in [-0.1, -0.05) is 50.1 Å². The lowest BCUT2D eigenvalue weighted by Crippen LogP contribution is -2.01. The molecular formula is C15H20O2. The van der Waals surface area contributed by atoms with E-state index >= 15 is 0 Å². The number of aliphatic carboxylic acids is 1. The zero-order chi connectivity index (χ0) is 12.7. The highest BCUT2D eigenvalue weighted by Crippen LogP contribution is 2.24. The molecule has 17 heavy (non-hydrogen) atoms. The normalized spacial score (nSPS) is 12.1.